The predicted octanol–water partition coefficient (Wildman–Crippen LogP) is 1.95. The third kappa shape index (κ3) is 3.37. The summed E-state index contributed by atoms with van der Waals surface area (Å²) in [5.74, 6) is -0.351. The molecule has 5 rings (SSSR count). The number of pyridine rings is 2. The fourth-order valence-electron chi connectivity index (χ4n) is 4.76. The van der Waals surface area contributed by atoms with Crippen molar-refractivity contribution in [2.75, 3.05) is 19.7 Å². The molecule has 2 saturated heterocycles. The molecule has 0 spiro atoms. The lowest BCUT2D eigenvalue weighted by molar-refractivity contribution is -0.159. The number of carbonyl (C=O) groups excluding carboxylic acids is 2. The quantitative estimate of drug-likeness (QED) is 0.705. The number of aliphatic hydroxyl groups excluding tert-OH is 1. The number of aromatic nitrogens is 2. The third-order valence-electron chi connectivity index (χ3n) is 6.24. The topological polar surface area (TPSA) is 86.6 Å². The van der Waals surface area contributed by atoms with E-state index in [-0.39, 0.29) is 43.0 Å². The summed E-state index contributed by atoms with van der Waals surface area (Å²) >= 11 is 0. The van der Waals surface area contributed by atoms with Gasteiger partial charge < -0.3 is 14.9 Å². The van der Waals surface area contributed by atoms with Crippen LogP contribution in [0.2, 0.25) is 0 Å². The largest absolute Gasteiger partial charge is 0.394 e. The van der Waals surface area contributed by atoms with Gasteiger partial charge in [0.15, 0.2) is 0 Å². The lowest BCUT2D eigenvalue weighted by atomic mass is 9.73. The van der Waals surface area contributed by atoms with Crippen LogP contribution in [0.25, 0.3) is 11.1 Å². The summed E-state index contributed by atoms with van der Waals surface area (Å²) in [6.45, 7) is 0.353. The van der Waals surface area contributed by atoms with Crippen LogP contribution in [-0.4, -0.2) is 68.5 Å². The number of benzene rings is 1. The maximum absolute atomic E-state index is 12.9. The van der Waals surface area contributed by atoms with Crippen LogP contribution in [0.15, 0.2) is 73.3 Å². The molecule has 2 fully saturated rings. The lowest BCUT2D eigenvalue weighted by Crippen LogP contribution is -2.73. The molecule has 3 aromatic rings. The van der Waals surface area contributed by atoms with E-state index in [2.05, 4.69) is 9.97 Å². The van der Waals surface area contributed by atoms with Gasteiger partial charge in [0, 0.05) is 37.3 Å². The number of hydrogen-bond donors (Lipinski definition) is 1. The fourth-order valence-corrected chi connectivity index (χ4v) is 4.76. The number of amides is 2. The van der Waals surface area contributed by atoms with Crippen molar-refractivity contribution in [1.82, 2.24) is 19.8 Å². The Morgan fingerprint density at radius 2 is 1.74 bits per heavy atom. The Hall–Kier alpha value is -3.58. The number of aliphatic hydroxyl groups is 1. The fraction of sp³-hybridized carbons (Fsp3) is 0.250. The smallest absolute Gasteiger partial charge is 0.255 e. The molecule has 0 aliphatic carbocycles. The third-order valence-corrected chi connectivity index (χ3v) is 6.24. The number of nitrogens with zero attached hydrogens (tertiary/aromatic N) is 4. The molecule has 3 atom stereocenters. The molecule has 2 aliphatic heterocycles. The molecule has 0 saturated carbocycles. The average Bonchev–Trinajstić information content (AvgIpc) is 2.81. The second kappa shape index (κ2) is 7.92. The molecule has 0 radical (unpaired) electrons. The SMILES string of the molecule is O=C(c1cccnc1)N1CC(=O)N2[C@@H](CO)[C@H](c3ccc(-c4cccnc4)cc3)[C@@H]2C1. The van der Waals surface area contributed by atoms with Gasteiger partial charge in [-0.2, -0.15) is 0 Å². The molecule has 4 heterocycles. The highest BCUT2D eigenvalue weighted by molar-refractivity contribution is 5.97. The van der Waals surface area contributed by atoms with Crippen molar-refractivity contribution in [3.63, 3.8) is 0 Å². The minimum absolute atomic E-state index is 0.0212. The lowest BCUT2D eigenvalue weighted by Gasteiger charge is -2.58. The average molecular weight is 414 g/mol. The molecule has 1 aromatic carbocycles. The molecular weight excluding hydrogens is 392 g/mol. The zero-order valence-electron chi connectivity index (χ0n) is 16.8. The molecule has 2 aromatic heterocycles. The van der Waals surface area contributed by atoms with Gasteiger partial charge in [-0.3, -0.25) is 19.6 Å². The monoisotopic (exact) mass is 414 g/mol. The van der Waals surface area contributed by atoms with E-state index in [4.69, 9.17) is 0 Å². The Morgan fingerprint density at radius 3 is 2.39 bits per heavy atom. The van der Waals surface area contributed by atoms with E-state index in [1.165, 1.54) is 6.20 Å². The van der Waals surface area contributed by atoms with E-state index >= 15 is 0 Å². The van der Waals surface area contributed by atoms with Gasteiger partial charge in [0.1, 0.15) is 6.54 Å². The first-order valence-corrected chi connectivity index (χ1v) is 10.3. The maximum atomic E-state index is 12.9. The summed E-state index contributed by atoms with van der Waals surface area (Å²) in [7, 11) is 0. The molecular formula is C24H22N4O3. The van der Waals surface area contributed by atoms with Crippen LogP contribution in [0.1, 0.15) is 21.8 Å². The van der Waals surface area contributed by atoms with Crippen molar-refractivity contribution in [3.05, 3.63) is 84.4 Å². The van der Waals surface area contributed by atoms with Gasteiger partial charge in [-0.05, 0) is 34.9 Å². The highest BCUT2D eigenvalue weighted by Crippen LogP contribution is 2.43. The van der Waals surface area contributed by atoms with Crippen LogP contribution >= 0.6 is 0 Å². The molecule has 7 nitrogen and oxygen atoms in total. The summed E-state index contributed by atoms with van der Waals surface area (Å²) in [4.78, 5) is 37.2. The zero-order valence-corrected chi connectivity index (χ0v) is 16.8. The summed E-state index contributed by atoms with van der Waals surface area (Å²) < 4.78 is 0. The van der Waals surface area contributed by atoms with Crippen LogP contribution in [0.3, 0.4) is 0 Å². The van der Waals surface area contributed by atoms with E-state index in [0.717, 1.165) is 16.7 Å². The molecule has 2 aliphatic rings. The van der Waals surface area contributed by atoms with Gasteiger partial charge in [-0.1, -0.05) is 30.3 Å². The molecule has 156 valence electrons. The van der Waals surface area contributed by atoms with Crippen molar-refractivity contribution >= 4 is 11.8 Å². The standard InChI is InChI=1S/C24H22N4O3/c29-15-21-23(17-7-5-16(6-8-17)18-3-1-9-25-11-18)20-13-27(14-22(30)28(20)21)24(31)19-4-2-10-26-12-19/h1-12,20-21,23,29H,13-15H2/t20-,21-,23+/m0/s1. The van der Waals surface area contributed by atoms with Crippen molar-refractivity contribution in [2.24, 2.45) is 0 Å². The number of carbonyl (C=O) groups is 2. The van der Waals surface area contributed by atoms with E-state index < -0.39 is 0 Å². The van der Waals surface area contributed by atoms with Crippen LogP contribution < -0.4 is 0 Å². The van der Waals surface area contributed by atoms with Gasteiger partial charge in [0.2, 0.25) is 5.91 Å². The van der Waals surface area contributed by atoms with Gasteiger partial charge in [-0.15, -0.1) is 0 Å². The molecule has 0 unspecified atom stereocenters. The summed E-state index contributed by atoms with van der Waals surface area (Å²) in [6.07, 6.45) is 6.69. The molecule has 1 N–H and O–H groups in total. The van der Waals surface area contributed by atoms with Gasteiger partial charge in [0.25, 0.3) is 5.91 Å². The molecule has 0 bridgehead atoms. The van der Waals surface area contributed by atoms with E-state index in [1.54, 1.807) is 34.3 Å². The van der Waals surface area contributed by atoms with Crippen LogP contribution in [-0.2, 0) is 4.79 Å². The summed E-state index contributed by atoms with van der Waals surface area (Å²) in [6, 6.07) is 15.1. The Labute approximate surface area is 180 Å². The molecule has 2 amide bonds. The first kappa shape index (κ1) is 19.4. The Balaban J connectivity index is 1.39. The zero-order chi connectivity index (χ0) is 21.4. The number of piperazine rings is 1. The Bertz CT molecular complexity index is 1090. The van der Waals surface area contributed by atoms with Crippen molar-refractivity contribution in [2.45, 2.75) is 18.0 Å². The first-order chi connectivity index (χ1) is 15.2. The highest BCUT2D eigenvalue weighted by Gasteiger charge is 2.54. The van der Waals surface area contributed by atoms with E-state index in [0.29, 0.717) is 12.1 Å². The second-order valence-electron chi connectivity index (χ2n) is 7.94. The minimum atomic E-state index is -0.266. The minimum Gasteiger partial charge on any atom is -0.394 e. The first-order valence-electron chi connectivity index (χ1n) is 10.3. The second-order valence-corrected chi connectivity index (χ2v) is 7.94. The Kier molecular flexibility index (Phi) is 4.95. The Morgan fingerprint density at radius 1 is 1.00 bits per heavy atom. The summed E-state index contributed by atoms with van der Waals surface area (Å²) in [5.41, 5.74) is 3.61. The van der Waals surface area contributed by atoms with E-state index in [1.807, 2.05) is 42.6 Å². The summed E-state index contributed by atoms with van der Waals surface area (Å²) in [5, 5.41) is 9.97. The molecule has 7 heteroatoms. The normalized spacial score (nSPS) is 22.6. The van der Waals surface area contributed by atoms with Crippen molar-refractivity contribution in [3.8, 4) is 11.1 Å². The number of fused-ring (bicyclic) bond motifs is 1. The van der Waals surface area contributed by atoms with Crippen LogP contribution in [0.5, 0.6) is 0 Å². The number of hydrogen-bond acceptors (Lipinski definition) is 5. The van der Waals surface area contributed by atoms with Gasteiger partial charge in [-0.25, -0.2) is 0 Å². The molecule has 31 heavy (non-hydrogen) atoms. The highest BCUT2D eigenvalue weighted by atomic mass is 16.3. The van der Waals surface area contributed by atoms with Gasteiger partial charge >= 0.3 is 0 Å². The maximum Gasteiger partial charge on any atom is 0.255 e. The number of rotatable bonds is 4. The van der Waals surface area contributed by atoms with Crippen molar-refractivity contribution in [1.29, 1.82) is 0 Å². The van der Waals surface area contributed by atoms with Crippen LogP contribution in [0.4, 0.5) is 0 Å². The van der Waals surface area contributed by atoms with Crippen molar-refractivity contribution < 1.29 is 14.7 Å². The van der Waals surface area contributed by atoms with Gasteiger partial charge in [0.05, 0.1) is 24.3 Å². The predicted molar refractivity (Wildman–Crippen MR) is 114 cm³/mol. The van der Waals surface area contributed by atoms with E-state index in [9.17, 15) is 14.7 Å². The van der Waals surface area contributed by atoms with Crippen LogP contribution in [0, 0.1) is 0 Å².